The summed E-state index contributed by atoms with van der Waals surface area (Å²) in [7, 11) is 0. The van der Waals surface area contributed by atoms with Crippen LogP contribution in [0, 0.1) is 0 Å². The molecular weight excluding hydrogens is 488 g/mol. The van der Waals surface area contributed by atoms with Crippen molar-refractivity contribution in [2.75, 3.05) is 0 Å². The van der Waals surface area contributed by atoms with Crippen LogP contribution in [-0.4, -0.2) is 18.1 Å². The quantitative estimate of drug-likeness (QED) is 0.226. The van der Waals surface area contributed by atoms with E-state index >= 15 is 0 Å². The van der Waals surface area contributed by atoms with Gasteiger partial charge in [0, 0.05) is 14.5 Å². The third-order valence-corrected chi connectivity index (χ3v) is 4.71. The number of benzene rings is 3. The molecule has 3 aromatic carbocycles. The molecule has 0 aliphatic heterocycles. The fourth-order valence-electron chi connectivity index (χ4n) is 2.21. The smallest absolute Gasteiger partial charge is 0.343 e. The number of hydrazone groups is 1. The molecule has 3 rings (SSSR count). The average Bonchev–Trinajstić information content (AvgIpc) is 2.70. The van der Waals surface area contributed by atoms with Crippen LogP contribution in [0.4, 0.5) is 0 Å². The molecule has 0 aromatic heterocycles. The lowest BCUT2D eigenvalue weighted by Gasteiger charge is -2.05. The third kappa shape index (κ3) is 5.61. The highest BCUT2D eigenvalue weighted by Crippen LogP contribution is 2.16. The first-order chi connectivity index (χ1) is 13.5. The van der Waals surface area contributed by atoms with Gasteiger partial charge in [0.05, 0.1) is 11.8 Å². The minimum atomic E-state index is -0.435. The van der Waals surface area contributed by atoms with Crippen LogP contribution in [0.2, 0.25) is 0 Å². The van der Waals surface area contributed by atoms with Crippen LogP contribution in [0.15, 0.2) is 86.8 Å². The molecule has 0 spiro atoms. The van der Waals surface area contributed by atoms with Gasteiger partial charge in [0.25, 0.3) is 5.91 Å². The molecule has 1 N–H and O–H groups in total. The number of hydrogen-bond acceptors (Lipinski definition) is 4. The van der Waals surface area contributed by atoms with Crippen LogP contribution in [0.5, 0.6) is 5.75 Å². The van der Waals surface area contributed by atoms with Gasteiger partial charge in [-0.3, -0.25) is 4.79 Å². The number of esters is 1. The molecule has 3 aromatic rings. The fourth-order valence-corrected chi connectivity index (χ4v) is 2.73. The van der Waals surface area contributed by atoms with Crippen LogP contribution in [-0.2, 0) is 0 Å². The Morgan fingerprint density at radius 3 is 1.89 bits per heavy atom. The topological polar surface area (TPSA) is 67.8 Å². The fraction of sp³-hybridized carbons (Fsp3) is 0. The molecule has 0 fully saturated rings. The van der Waals surface area contributed by atoms with Crippen molar-refractivity contribution in [1.29, 1.82) is 0 Å². The minimum Gasteiger partial charge on any atom is -0.423 e. The first-order valence-corrected chi connectivity index (χ1v) is 9.77. The maximum Gasteiger partial charge on any atom is 0.343 e. The summed E-state index contributed by atoms with van der Waals surface area (Å²) >= 11 is 6.64. The van der Waals surface area contributed by atoms with E-state index in [4.69, 9.17) is 4.74 Å². The molecule has 0 saturated heterocycles. The van der Waals surface area contributed by atoms with Crippen LogP contribution < -0.4 is 10.2 Å². The number of amides is 1. The van der Waals surface area contributed by atoms with Gasteiger partial charge in [0.1, 0.15) is 5.75 Å². The predicted molar refractivity (Wildman–Crippen MR) is 115 cm³/mol. The van der Waals surface area contributed by atoms with E-state index in [1.54, 1.807) is 72.8 Å². The molecule has 140 valence electrons. The monoisotopic (exact) mass is 500 g/mol. The van der Waals surface area contributed by atoms with E-state index in [0.717, 1.165) is 14.5 Å². The van der Waals surface area contributed by atoms with Gasteiger partial charge in [-0.2, -0.15) is 5.10 Å². The summed E-state index contributed by atoms with van der Waals surface area (Å²) in [5.74, 6) is -0.316. The maximum absolute atomic E-state index is 12.1. The van der Waals surface area contributed by atoms with E-state index in [1.165, 1.54) is 6.21 Å². The molecule has 0 bridgehead atoms. The molecule has 0 aliphatic rings. The zero-order valence-electron chi connectivity index (χ0n) is 14.4. The molecule has 7 heteroatoms. The Hall–Kier alpha value is -2.77. The van der Waals surface area contributed by atoms with Gasteiger partial charge in [0.15, 0.2) is 0 Å². The highest BCUT2D eigenvalue weighted by atomic mass is 79.9. The zero-order valence-corrected chi connectivity index (χ0v) is 17.6. The maximum atomic E-state index is 12.1. The summed E-state index contributed by atoms with van der Waals surface area (Å²) in [6.45, 7) is 0. The molecule has 0 unspecified atom stereocenters. The Labute approximate surface area is 178 Å². The number of carbonyl (C=O) groups excluding carboxylic acids is 2. The van der Waals surface area contributed by atoms with E-state index < -0.39 is 5.97 Å². The summed E-state index contributed by atoms with van der Waals surface area (Å²) < 4.78 is 7.12. The Kier molecular flexibility index (Phi) is 6.73. The van der Waals surface area contributed by atoms with Gasteiger partial charge in [-0.05, 0) is 78.4 Å². The lowest BCUT2D eigenvalue weighted by molar-refractivity contribution is 0.0734. The second-order valence-corrected chi connectivity index (χ2v) is 7.50. The van der Waals surface area contributed by atoms with Crippen LogP contribution in [0.3, 0.4) is 0 Å². The molecule has 0 aliphatic carbocycles. The van der Waals surface area contributed by atoms with E-state index in [1.807, 2.05) is 0 Å². The molecule has 1 amide bonds. The number of halogens is 2. The molecule has 28 heavy (non-hydrogen) atoms. The van der Waals surface area contributed by atoms with Crippen molar-refractivity contribution in [2.45, 2.75) is 0 Å². The third-order valence-electron chi connectivity index (χ3n) is 3.66. The van der Waals surface area contributed by atoms with Crippen molar-refractivity contribution in [3.8, 4) is 5.75 Å². The molecule has 0 atom stereocenters. The second-order valence-electron chi connectivity index (χ2n) is 5.67. The standard InChI is InChI=1S/C21H14Br2N2O3/c22-17-7-3-15(4-8-17)20(26)25-24-13-14-1-11-19(12-2-14)28-21(27)16-5-9-18(23)10-6-16/h1-13H,(H,25,26)/b24-13+. The van der Waals surface area contributed by atoms with E-state index in [2.05, 4.69) is 42.4 Å². The number of nitrogens with one attached hydrogen (secondary N) is 1. The lowest BCUT2D eigenvalue weighted by Crippen LogP contribution is -2.17. The Bertz CT molecular complexity index is 999. The van der Waals surface area contributed by atoms with Gasteiger partial charge in [0.2, 0.25) is 0 Å². The Morgan fingerprint density at radius 2 is 1.32 bits per heavy atom. The molecule has 0 saturated carbocycles. The van der Waals surface area contributed by atoms with Gasteiger partial charge in [-0.1, -0.05) is 31.9 Å². The highest BCUT2D eigenvalue weighted by molar-refractivity contribution is 9.10. The molecule has 0 radical (unpaired) electrons. The number of carbonyl (C=O) groups is 2. The van der Waals surface area contributed by atoms with Crippen molar-refractivity contribution in [3.05, 3.63) is 98.4 Å². The predicted octanol–water partition coefficient (Wildman–Crippen LogP) is 5.19. The minimum absolute atomic E-state index is 0.302. The van der Waals surface area contributed by atoms with Crippen molar-refractivity contribution in [3.63, 3.8) is 0 Å². The average molecular weight is 502 g/mol. The van der Waals surface area contributed by atoms with Gasteiger partial charge in [-0.15, -0.1) is 0 Å². The van der Waals surface area contributed by atoms with Crippen molar-refractivity contribution in [1.82, 2.24) is 5.43 Å². The van der Waals surface area contributed by atoms with Crippen LogP contribution in [0.1, 0.15) is 26.3 Å². The Balaban J connectivity index is 1.55. The SMILES string of the molecule is O=C(N/N=C/c1ccc(OC(=O)c2ccc(Br)cc2)cc1)c1ccc(Br)cc1. The van der Waals surface area contributed by atoms with Crippen LogP contribution >= 0.6 is 31.9 Å². The van der Waals surface area contributed by atoms with E-state index in [9.17, 15) is 9.59 Å². The number of hydrogen-bond donors (Lipinski definition) is 1. The summed E-state index contributed by atoms with van der Waals surface area (Å²) in [4.78, 5) is 24.1. The second kappa shape index (κ2) is 9.43. The lowest BCUT2D eigenvalue weighted by atomic mass is 10.2. The molecule has 0 heterocycles. The number of rotatable bonds is 5. The summed E-state index contributed by atoms with van der Waals surface area (Å²) in [6.07, 6.45) is 1.51. The van der Waals surface area contributed by atoms with Gasteiger partial charge < -0.3 is 4.74 Å². The van der Waals surface area contributed by atoms with Gasteiger partial charge in [-0.25, -0.2) is 10.2 Å². The zero-order chi connectivity index (χ0) is 19.9. The highest BCUT2D eigenvalue weighted by Gasteiger charge is 2.08. The van der Waals surface area contributed by atoms with Crippen molar-refractivity contribution < 1.29 is 14.3 Å². The van der Waals surface area contributed by atoms with Crippen molar-refractivity contribution in [2.24, 2.45) is 5.10 Å². The first kappa shape index (κ1) is 20.0. The van der Waals surface area contributed by atoms with E-state index in [-0.39, 0.29) is 5.91 Å². The van der Waals surface area contributed by atoms with E-state index in [0.29, 0.717) is 16.9 Å². The van der Waals surface area contributed by atoms with Crippen molar-refractivity contribution >= 4 is 50.0 Å². The summed E-state index contributed by atoms with van der Waals surface area (Å²) in [6, 6.07) is 20.7. The summed E-state index contributed by atoms with van der Waals surface area (Å²) in [5, 5.41) is 3.94. The molecule has 5 nitrogen and oxygen atoms in total. The number of ether oxygens (including phenoxy) is 1. The van der Waals surface area contributed by atoms with Gasteiger partial charge >= 0.3 is 5.97 Å². The molecular formula is C21H14Br2N2O3. The Morgan fingerprint density at radius 1 is 0.786 bits per heavy atom. The first-order valence-electron chi connectivity index (χ1n) is 8.18. The number of nitrogens with zero attached hydrogens (tertiary/aromatic N) is 1. The summed E-state index contributed by atoms with van der Waals surface area (Å²) in [5.41, 5.74) is 4.19. The van der Waals surface area contributed by atoms with Crippen LogP contribution in [0.25, 0.3) is 0 Å². The normalized spacial score (nSPS) is 10.6. The largest absolute Gasteiger partial charge is 0.423 e.